The maximum atomic E-state index is 13.0. The van der Waals surface area contributed by atoms with Crippen LogP contribution in [0.1, 0.15) is 11.1 Å². The van der Waals surface area contributed by atoms with E-state index < -0.39 is 27.6 Å². The molecule has 12 heteroatoms. The molecular weight excluding hydrogens is 361 g/mol. The molecule has 2 heterocycles. The van der Waals surface area contributed by atoms with Crippen molar-refractivity contribution in [1.29, 1.82) is 0 Å². The molecule has 2 aromatic rings. The Hall–Kier alpha value is -2.63. The smallest absolute Gasteiger partial charge is 0.368 e. The maximum Gasteiger partial charge on any atom is 0.421 e. The van der Waals surface area contributed by atoms with Gasteiger partial charge in [-0.25, -0.2) is 18.4 Å². The maximum absolute atomic E-state index is 13.0. The van der Waals surface area contributed by atoms with Crippen molar-refractivity contribution in [2.75, 3.05) is 28.7 Å². The van der Waals surface area contributed by atoms with Gasteiger partial charge in [-0.05, 0) is 6.07 Å². The summed E-state index contributed by atoms with van der Waals surface area (Å²) in [6, 6.07) is 3.07. The molecule has 3 N–H and O–H groups in total. The molecule has 0 saturated heterocycles. The molecule has 0 saturated carbocycles. The lowest BCUT2D eigenvalue weighted by molar-refractivity contribution is -0.137. The minimum atomic E-state index is -4.67. The third-order valence-corrected chi connectivity index (χ3v) is 4.39. The Morgan fingerprint density at radius 2 is 2.00 bits per heavy atom. The monoisotopic (exact) mass is 376 g/mol. The number of nitrogens with one attached hydrogen (secondary N) is 1. The molecule has 136 valence electrons. The van der Waals surface area contributed by atoms with Crippen LogP contribution in [0.2, 0.25) is 0 Å². The first-order valence-electron chi connectivity index (χ1n) is 6.81. The van der Waals surface area contributed by atoms with Crippen molar-refractivity contribution in [3.8, 4) is 0 Å². The molecule has 2 rings (SSSR count). The van der Waals surface area contributed by atoms with Gasteiger partial charge in [0.1, 0.15) is 17.2 Å². The third kappa shape index (κ3) is 4.47. The van der Waals surface area contributed by atoms with Gasteiger partial charge in [0.15, 0.2) is 0 Å². The van der Waals surface area contributed by atoms with E-state index in [4.69, 9.17) is 5.73 Å². The number of alkyl halides is 3. The van der Waals surface area contributed by atoms with E-state index in [2.05, 4.69) is 20.3 Å². The van der Waals surface area contributed by atoms with Gasteiger partial charge in [-0.15, -0.1) is 0 Å². The average Bonchev–Trinajstić information content (AvgIpc) is 2.50. The van der Waals surface area contributed by atoms with Gasteiger partial charge in [0.05, 0.1) is 6.26 Å². The van der Waals surface area contributed by atoms with Gasteiger partial charge in [-0.3, -0.25) is 4.31 Å². The molecule has 2 aromatic heterocycles. The number of hydrogen-bond donors (Lipinski definition) is 2. The molecule has 0 aliphatic rings. The molecule has 0 amide bonds. The van der Waals surface area contributed by atoms with E-state index >= 15 is 0 Å². The highest BCUT2D eigenvalue weighted by Gasteiger charge is 2.35. The second-order valence-electron chi connectivity index (χ2n) is 5.06. The van der Waals surface area contributed by atoms with E-state index in [1.54, 1.807) is 0 Å². The number of nitrogens with two attached hydrogens (primary N) is 1. The molecule has 0 unspecified atom stereocenters. The second-order valence-corrected chi connectivity index (χ2v) is 7.07. The molecule has 0 fully saturated rings. The molecular formula is C13H15F3N6O2S. The second kappa shape index (κ2) is 6.70. The number of halogens is 3. The minimum Gasteiger partial charge on any atom is -0.368 e. The number of pyridine rings is 1. The lowest BCUT2D eigenvalue weighted by atomic mass is 10.2. The summed E-state index contributed by atoms with van der Waals surface area (Å²) in [4.78, 5) is 10.9. The van der Waals surface area contributed by atoms with E-state index in [0.29, 0.717) is 11.8 Å². The van der Waals surface area contributed by atoms with E-state index in [1.165, 1.54) is 25.4 Å². The molecule has 8 nitrogen and oxygen atoms in total. The molecule has 0 atom stereocenters. The number of aromatic nitrogens is 3. The summed E-state index contributed by atoms with van der Waals surface area (Å²) >= 11 is 0. The van der Waals surface area contributed by atoms with Crippen molar-refractivity contribution in [2.24, 2.45) is 0 Å². The Kier molecular flexibility index (Phi) is 5.02. The Bertz CT molecular complexity index is 872. The summed E-state index contributed by atoms with van der Waals surface area (Å²) < 4.78 is 63.3. The van der Waals surface area contributed by atoms with Crippen LogP contribution in [0.25, 0.3) is 0 Å². The van der Waals surface area contributed by atoms with E-state index in [0.717, 1.165) is 10.6 Å². The number of nitrogens with zero attached hydrogens (tertiary/aromatic N) is 4. The summed E-state index contributed by atoms with van der Waals surface area (Å²) in [5.41, 5.74) is 4.63. The van der Waals surface area contributed by atoms with Crippen molar-refractivity contribution < 1.29 is 21.6 Å². The van der Waals surface area contributed by atoms with E-state index in [1.807, 2.05) is 0 Å². The van der Waals surface area contributed by atoms with Crippen LogP contribution in [0.4, 0.5) is 30.8 Å². The summed E-state index contributed by atoms with van der Waals surface area (Å²) in [6.07, 6.45) is -1.72. The van der Waals surface area contributed by atoms with E-state index in [9.17, 15) is 21.6 Å². The Morgan fingerprint density at radius 3 is 2.60 bits per heavy atom. The van der Waals surface area contributed by atoms with Gasteiger partial charge in [-0.1, -0.05) is 6.07 Å². The van der Waals surface area contributed by atoms with Crippen LogP contribution in [0.15, 0.2) is 24.5 Å². The standard InChI is InChI=1S/C13H15F3N6O2S/c1-22(25(2,23)24)11-8(4-3-5-18-11)6-19-10-9(13(14,15)16)7-20-12(17)21-10/h3-5,7H,6H2,1-2H3,(H3,17,19,20,21). The molecule has 25 heavy (non-hydrogen) atoms. The SMILES string of the molecule is CN(c1ncccc1CNc1nc(N)ncc1C(F)(F)F)S(C)(=O)=O. The molecule has 0 radical (unpaired) electrons. The lowest BCUT2D eigenvalue weighted by Crippen LogP contribution is -2.27. The zero-order valence-electron chi connectivity index (χ0n) is 13.2. The predicted molar refractivity (Wildman–Crippen MR) is 86.3 cm³/mol. The predicted octanol–water partition coefficient (Wildman–Crippen LogP) is 1.48. The average molecular weight is 376 g/mol. The normalized spacial score (nSPS) is 12.0. The topological polar surface area (TPSA) is 114 Å². The highest BCUT2D eigenvalue weighted by atomic mass is 32.2. The van der Waals surface area contributed by atoms with Gasteiger partial charge in [0.2, 0.25) is 16.0 Å². The highest BCUT2D eigenvalue weighted by molar-refractivity contribution is 7.92. The van der Waals surface area contributed by atoms with Crippen molar-refractivity contribution in [3.05, 3.63) is 35.7 Å². The van der Waals surface area contributed by atoms with Gasteiger partial charge < -0.3 is 11.1 Å². The van der Waals surface area contributed by atoms with Gasteiger partial charge >= 0.3 is 6.18 Å². The highest BCUT2D eigenvalue weighted by Crippen LogP contribution is 2.34. The number of hydrogen-bond acceptors (Lipinski definition) is 7. The fourth-order valence-corrected chi connectivity index (χ4v) is 2.40. The van der Waals surface area contributed by atoms with Crippen LogP contribution >= 0.6 is 0 Å². The summed E-state index contributed by atoms with van der Waals surface area (Å²) in [5.74, 6) is -0.736. The molecule has 0 spiro atoms. The summed E-state index contributed by atoms with van der Waals surface area (Å²) in [5, 5.41) is 2.51. The first kappa shape index (κ1) is 18.7. The van der Waals surface area contributed by atoms with Crippen LogP contribution in [0.3, 0.4) is 0 Å². The third-order valence-electron chi connectivity index (χ3n) is 3.22. The van der Waals surface area contributed by atoms with Crippen LogP contribution < -0.4 is 15.4 Å². The van der Waals surface area contributed by atoms with Crippen LogP contribution in [0, 0.1) is 0 Å². The van der Waals surface area contributed by atoms with Gasteiger partial charge in [0.25, 0.3) is 0 Å². The van der Waals surface area contributed by atoms with Crippen molar-refractivity contribution in [1.82, 2.24) is 15.0 Å². The fraction of sp³-hybridized carbons (Fsp3) is 0.308. The van der Waals surface area contributed by atoms with Gasteiger partial charge in [-0.2, -0.15) is 18.2 Å². The quantitative estimate of drug-likeness (QED) is 0.812. The Balaban J connectivity index is 2.34. The molecule has 0 aliphatic heterocycles. The Morgan fingerprint density at radius 1 is 1.32 bits per heavy atom. The van der Waals surface area contributed by atoms with Crippen LogP contribution in [-0.2, 0) is 22.7 Å². The summed E-state index contributed by atoms with van der Waals surface area (Å²) in [7, 11) is -2.29. The molecule has 0 bridgehead atoms. The largest absolute Gasteiger partial charge is 0.421 e. The minimum absolute atomic E-state index is 0.0908. The van der Waals surface area contributed by atoms with Crippen LogP contribution in [-0.4, -0.2) is 36.7 Å². The van der Waals surface area contributed by atoms with E-state index in [-0.39, 0.29) is 18.3 Å². The summed E-state index contributed by atoms with van der Waals surface area (Å²) in [6.45, 7) is -0.150. The molecule has 0 aliphatic carbocycles. The zero-order chi connectivity index (χ0) is 18.8. The first-order chi connectivity index (χ1) is 11.5. The van der Waals surface area contributed by atoms with Crippen LogP contribution in [0.5, 0.6) is 0 Å². The Labute approximate surface area is 142 Å². The molecule has 0 aromatic carbocycles. The van der Waals surface area contributed by atoms with Gasteiger partial charge in [0, 0.05) is 31.5 Å². The number of nitrogen functional groups attached to an aromatic ring is 1. The fourth-order valence-electron chi connectivity index (χ4n) is 1.93. The zero-order valence-corrected chi connectivity index (χ0v) is 14.1. The van der Waals surface area contributed by atoms with Crippen molar-refractivity contribution in [3.63, 3.8) is 0 Å². The number of rotatable bonds is 5. The van der Waals surface area contributed by atoms with Crippen molar-refractivity contribution in [2.45, 2.75) is 12.7 Å². The number of anilines is 3. The lowest BCUT2D eigenvalue weighted by Gasteiger charge is -2.19. The first-order valence-corrected chi connectivity index (χ1v) is 8.66. The number of sulfonamides is 1. The van der Waals surface area contributed by atoms with Crippen molar-refractivity contribution >= 4 is 27.6 Å².